The van der Waals surface area contributed by atoms with Crippen molar-refractivity contribution in [1.82, 2.24) is 9.80 Å². The van der Waals surface area contributed by atoms with Gasteiger partial charge in [0.15, 0.2) is 0 Å². The van der Waals surface area contributed by atoms with Crippen LogP contribution in [0, 0.1) is 6.92 Å². The smallest absolute Gasteiger partial charge is 0.323 e. The van der Waals surface area contributed by atoms with Crippen LogP contribution in [0.1, 0.15) is 38.2 Å². The lowest BCUT2D eigenvalue weighted by Crippen LogP contribution is -2.43. The van der Waals surface area contributed by atoms with Crippen LogP contribution in [-0.2, 0) is 14.4 Å². The minimum absolute atomic E-state index is 0.0240. The van der Waals surface area contributed by atoms with Crippen molar-refractivity contribution < 1.29 is 24.2 Å². The zero-order valence-electron chi connectivity index (χ0n) is 16.0. The van der Waals surface area contributed by atoms with Gasteiger partial charge in [-0.2, -0.15) is 0 Å². The number of carboxylic acids is 1. The first kappa shape index (κ1) is 20.7. The van der Waals surface area contributed by atoms with Crippen LogP contribution in [0.3, 0.4) is 0 Å². The number of rotatable bonds is 7. The van der Waals surface area contributed by atoms with Crippen LogP contribution in [0.2, 0.25) is 0 Å². The second kappa shape index (κ2) is 9.94. The molecule has 1 N–H and O–H groups in total. The van der Waals surface area contributed by atoms with E-state index in [4.69, 9.17) is 9.84 Å². The number of amides is 2. The zero-order valence-corrected chi connectivity index (χ0v) is 16.0. The molecule has 7 nitrogen and oxygen atoms in total. The molecule has 7 heteroatoms. The number of aliphatic carboxylic acids is 1. The van der Waals surface area contributed by atoms with Gasteiger partial charge in [-0.15, -0.1) is 0 Å². The van der Waals surface area contributed by atoms with E-state index >= 15 is 0 Å². The van der Waals surface area contributed by atoms with Crippen molar-refractivity contribution in [2.45, 2.75) is 45.6 Å². The second-order valence-corrected chi connectivity index (χ2v) is 6.92. The first-order chi connectivity index (χ1) is 12.9. The molecule has 1 fully saturated rings. The largest absolute Gasteiger partial charge is 0.493 e. The summed E-state index contributed by atoms with van der Waals surface area (Å²) in [7, 11) is 0. The van der Waals surface area contributed by atoms with Gasteiger partial charge in [-0.25, -0.2) is 0 Å². The first-order valence-corrected chi connectivity index (χ1v) is 9.33. The molecule has 1 heterocycles. The fraction of sp³-hybridized carbons (Fsp3) is 0.550. The Bertz CT molecular complexity index is 676. The Labute approximate surface area is 159 Å². The monoisotopic (exact) mass is 376 g/mol. The van der Waals surface area contributed by atoms with Gasteiger partial charge < -0.3 is 19.6 Å². The average molecular weight is 376 g/mol. The fourth-order valence-electron chi connectivity index (χ4n) is 3.40. The summed E-state index contributed by atoms with van der Waals surface area (Å²) in [6.07, 6.45) is 2.34. The van der Waals surface area contributed by atoms with E-state index in [1.54, 1.807) is 4.90 Å². The van der Waals surface area contributed by atoms with Gasteiger partial charge in [0.25, 0.3) is 0 Å². The Morgan fingerprint density at radius 3 is 2.70 bits per heavy atom. The number of carbonyl (C=O) groups is 3. The fourth-order valence-corrected chi connectivity index (χ4v) is 3.40. The summed E-state index contributed by atoms with van der Waals surface area (Å²) in [5, 5.41) is 9.01. The molecule has 1 saturated heterocycles. The number of carboxylic acid groups (broad SMARTS) is 1. The van der Waals surface area contributed by atoms with Gasteiger partial charge in [0.05, 0.1) is 13.0 Å². The van der Waals surface area contributed by atoms with Gasteiger partial charge >= 0.3 is 5.97 Å². The summed E-state index contributed by atoms with van der Waals surface area (Å²) >= 11 is 0. The number of aryl methyl sites for hydroxylation is 1. The molecule has 1 aromatic rings. The number of likely N-dealkylation sites (tertiary alicyclic amines) is 1. The predicted octanol–water partition coefficient (Wildman–Crippen LogP) is 2.08. The summed E-state index contributed by atoms with van der Waals surface area (Å²) in [5.41, 5.74) is 1.11. The zero-order chi connectivity index (χ0) is 19.8. The predicted molar refractivity (Wildman–Crippen MR) is 101 cm³/mol. The Morgan fingerprint density at radius 2 is 2.04 bits per heavy atom. The van der Waals surface area contributed by atoms with Crippen molar-refractivity contribution >= 4 is 17.8 Å². The van der Waals surface area contributed by atoms with E-state index in [1.165, 1.54) is 11.8 Å². The molecule has 148 valence electrons. The minimum Gasteiger partial charge on any atom is -0.493 e. The van der Waals surface area contributed by atoms with Crippen molar-refractivity contribution in [3.63, 3.8) is 0 Å². The van der Waals surface area contributed by atoms with E-state index in [0.717, 1.165) is 17.7 Å². The van der Waals surface area contributed by atoms with Crippen LogP contribution in [0.5, 0.6) is 5.75 Å². The third kappa shape index (κ3) is 6.58. The van der Waals surface area contributed by atoms with E-state index in [1.807, 2.05) is 31.2 Å². The lowest BCUT2D eigenvalue weighted by atomic mass is 10.1. The van der Waals surface area contributed by atoms with Gasteiger partial charge in [-0.05, 0) is 43.9 Å². The SMILES string of the molecule is CC(=O)N(CC(=O)O)C1CCCN(C(=O)CCOc2cccc(C)c2)CC1. The maximum Gasteiger partial charge on any atom is 0.323 e. The standard InChI is InChI=1S/C20H28N2O5/c1-15-5-3-7-18(13-15)27-12-9-19(24)21-10-4-6-17(8-11-21)22(16(2)23)14-20(25)26/h3,5,7,13,17H,4,6,8-12,14H2,1-2H3,(H,25,26). The first-order valence-electron chi connectivity index (χ1n) is 9.33. The highest BCUT2D eigenvalue weighted by molar-refractivity contribution is 5.80. The topological polar surface area (TPSA) is 87.2 Å². The Kier molecular flexibility index (Phi) is 7.64. The highest BCUT2D eigenvalue weighted by Crippen LogP contribution is 2.18. The van der Waals surface area contributed by atoms with Gasteiger partial charge in [0.2, 0.25) is 11.8 Å². The minimum atomic E-state index is -1.02. The molecule has 1 aliphatic rings. The summed E-state index contributed by atoms with van der Waals surface area (Å²) in [4.78, 5) is 38.4. The number of hydrogen-bond acceptors (Lipinski definition) is 4. The second-order valence-electron chi connectivity index (χ2n) is 6.92. The van der Waals surface area contributed by atoms with Crippen molar-refractivity contribution in [1.29, 1.82) is 0 Å². The molecular weight excluding hydrogens is 348 g/mol. The van der Waals surface area contributed by atoms with E-state index in [-0.39, 0.29) is 24.4 Å². The Hall–Kier alpha value is -2.57. The van der Waals surface area contributed by atoms with Crippen molar-refractivity contribution in [2.24, 2.45) is 0 Å². The maximum atomic E-state index is 12.5. The number of nitrogens with zero attached hydrogens (tertiary/aromatic N) is 2. The van der Waals surface area contributed by atoms with Crippen LogP contribution in [-0.4, -0.2) is 65.0 Å². The Morgan fingerprint density at radius 1 is 1.26 bits per heavy atom. The summed E-state index contributed by atoms with van der Waals surface area (Å²) < 4.78 is 5.65. The molecule has 2 rings (SSSR count). The molecule has 0 saturated carbocycles. The van der Waals surface area contributed by atoms with Crippen LogP contribution >= 0.6 is 0 Å². The number of benzene rings is 1. The molecule has 27 heavy (non-hydrogen) atoms. The third-order valence-corrected chi connectivity index (χ3v) is 4.78. The van der Waals surface area contributed by atoms with Crippen LogP contribution in [0.4, 0.5) is 0 Å². The molecule has 1 aliphatic heterocycles. The average Bonchev–Trinajstić information content (AvgIpc) is 2.85. The number of ether oxygens (including phenoxy) is 1. The molecule has 1 atom stereocenters. The normalized spacial score (nSPS) is 17.1. The number of carbonyl (C=O) groups excluding carboxylic acids is 2. The molecule has 2 amide bonds. The lowest BCUT2D eigenvalue weighted by Gasteiger charge is -2.28. The van der Waals surface area contributed by atoms with E-state index in [0.29, 0.717) is 39.0 Å². The van der Waals surface area contributed by atoms with E-state index in [9.17, 15) is 14.4 Å². The molecule has 0 aliphatic carbocycles. The molecule has 0 bridgehead atoms. The molecule has 0 radical (unpaired) electrons. The van der Waals surface area contributed by atoms with Gasteiger partial charge in [0, 0.05) is 26.1 Å². The maximum absolute atomic E-state index is 12.5. The summed E-state index contributed by atoms with van der Waals surface area (Å²) in [6, 6.07) is 7.56. The lowest BCUT2D eigenvalue weighted by molar-refractivity contribution is -0.145. The molecule has 1 aromatic carbocycles. The van der Waals surface area contributed by atoms with Gasteiger partial charge in [-0.3, -0.25) is 14.4 Å². The third-order valence-electron chi connectivity index (χ3n) is 4.78. The summed E-state index contributed by atoms with van der Waals surface area (Å²) in [6.45, 7) is 4.55. The van der Waals surface area contributed by atoms with Crippen molar-refractivity contribution in [2.75, 3.05) is 26.2 Å². The van der Waals surface area contributed by atoms with Crippen molar-refractivity contribution in [3.05, 3.63) is 29.8 Å². The van der Waals surface area contributed by atoms with Crippen LogP contribution in [0.15, 0.2) is 24.3 Å². The molecule has 0 spiro atoms. The number of hydrogen-bond donors (Lipinski definition) is 1. The van der Waals surface area contributed by atoms with Crippen molar-refractivity contribution in [3.8, 4) is 5.75 Å². The summed E-state index contributed by atoms with van der Waals surface area (Å²) in [5.74, 6) is -0.482. The highest BCUT2D eigenvalue weighted by Gasteiger charge is 2.27. The molecular formula is C20H28N2O5. The molecule has 0 aromatic heterocycles. The van der Waals surface area contributed by atoms with Crippen LogP contribution in [0.25, 0.3) is 0 Å². The van der Waals surface area contributed by atoms with E-state index < -0.39 is 5.97 Å². The molecule has 1 unspecified atom stereocenters. The van der Waals surface area contributed by atoms with E-state index in [2.05, 4.69) is 0 Å². The van der Waals surface area contributed by atoms with Gasteiger partial charge in [0.1, 0.15) is 12.3 Å². The van der Waals surface area contributed by atoms with Gasteiger partial charge in [-0.1, -0.05) is 12.1 Å². The Balaban J connectivity index is 1.82. The highest BCUT2D eigenvalue weighted by atomic mass is 16.5. The quantitative estimate of drug-likeness (QED) is 0.787. The van der Waals surface area contributed by atoms with Crippen LogP contribution < -0.4 is 4.74 Å².